The molecule has 0 heterocycles. The molecule has 0 spiro atoms. The molecule has 0 amide bonds. The average molecular weight is 814 g/mol. The van der Waals surface area contributed by atoms with E-state index in [0.29, 0.717) is 0 Å². The Kier molecular flexibility index (Phi) is 9.13. The zero-order valence-electron chi connectivity index (χ0n) is 35.3. The largest absolute Gasteiger partial charge is 0.309 e. The van der Waals surface area contributed by atoms with Crippen molar-refractivity contribution in [3.63, 3.8) is 0 Å². The summed E-state index contributed by atoms with van der Waals surface area (Å²) in [7, 11) is 0. The summed E-state index contributed by atoms with van der Waals surface area (Å²) in [5.41, 5.74) is 17.6. The molecule has 11 aromatic carbocycles. The minimum absolute atomic E-state index is 0.500. The fraction of sp³-hybridized carbons (Fsp3) is 0.0159. The topological polar surface area (TPSA) is 3.24 Å². The molecule has 1 heteroatoms. The highest BCUT2D eigenvalue weighted by molar-refractivity contribution is 6.22. The van der Waals surface area contributed by atoms with Gasteiger partial charge >= 0.3 is 0 Å². The van der Waals surface area contributed by atoms with Crippen LogP contribution >= 0.6 is 0 Å². The van der Waals surface area contributed by atoms with Crippen molar-refractivity contribution in [2.75, 3.05) is 4.90 Å². The third-order valence-corrected chi connectivity index (χ3v) is 13.3. The van der Waals surface area contributed by atoms with Crippen molar-refractivity contribution in [2.24, 2.45) is 0 Å². The van der Waals surface area contributed by atoms with E-state index in [1.54, 1.807) is 0 Å². The number of anilines is 3. The fourth-order valence-electron chi connectivity index (χ4n) is 10.6. The zero-order valence-corrected chi connectivity index (χ0v) is 35.3. The number of hydrogen-bond donors (Lipinski definition) is 0. The highest BCUT2D eigenvalue weighted by atomic mass is 15.1. The third kappa shape index (κ3) is 5.93. The first-order chi connectivity index (χ1) is 31.8. The maximum absolute atomic E-state index is 2.52. The number of hydrogen-bond acceptors (Lipinski definition) is 1. The van der Waals surface area contributed by atoms with Crippen molar-refractivity contribution in [1.82, 2.24) is 0 Å². The first-order valence-electron chi connectivity index (χ1n) is 22.2. The summed E-state index contributed by atoms with van der Waals surface area (Å²) in [4.78, 5) is 2.52. The van der Waals surface area contributed by atoms with Gasteiger partial charge in [-0.05, 0) is 102 Å². The second-order valence-corrected chi connectivity index (χ2v) is 16.7. The molecule has 0 unspecified atom stereocenters. The predicted octanol–water partition coefficient (Wildman–Crippen LogP) is 16.8. The lowest BCUT2D eigenvalue weighted by Gasteiger charge is -2.35. The second kappa shape index (κ2) is 15.6. The van der Waals surface area contributed by atoms with Crippen LogP contribution in [0, 0.1) is 0 Å². The van der Waals surface area contributed by atoms with Gasteiger partial charge in [0, 0.05) is 22.3 Å². The Labute approximate surface area is 374 Å². The van der Waals surface area contributed by atoms with Crippen molar-refractivity contribution in [1.29, 1.82) is 0 Å². The molecular formula is C63H43N. The number of benzene rings is 11. The Hall–Kier alpha value is -8.26. The van der Waals surface area contributed by atoms with Gasteiger partial charge in [-0.3, -0.25) is 0 Å². The monoisotopic (exact) mass is 813 g/mol. The minimum atomic E-state index is -0.500. The van der Waals surface area contributed by atoms with Crippen LogP contribution in [0.4, 0.5) is 17.1 Å². The Bertz CT molecular complexity index is 3420. The summed E-state index contributed by atoms with van der Waals surface area (Å²) in [6.45, 7) is 0. The van der Waals surface area contributed by atoms with Gasteiger partial charge in [-0.25, -0.2) is 0 Å². The van der Waals surface area contributed by atoms with Crippen LogP contribution < -0.4 is 4.90 Å². The van der Waals surface area contributed by atoms with Crippen LogP contribution in [-0.2, 0) is 5.41 Å². The summed E-state index contributed by atoms with van der Waals surface area (Å²) >= 11 is 0. The van der Waals surface area contributed by atoms with Crippen LogP contribution in [-0.4, -0.2) is 0 Å². The van der Waals surface area contributed by atoms with Gasteiger partial charge in [-0.15, -0.1) is 0 Å². The number of rotatable bonds is 8. The molecule has 1 nitrogen and oxygen atoms in total. The highest BCUT2D eigenvalue weighted by Gasteiger charge is 2.45. The summed E-state index contributed by atoms with van der Waals surface area (Å²) in [6, 6.07) is 95.9. The third-order valence-electron chi connectivity index (χ3n) is 13.3. The molecule has 0 aromatic heterocycles. The van der Waals surface area contributed by atoms with Gasteiger partial charge in [0.15, 0.2) is 0 Å². The van der Waals surface area contributed by atoms with Gasteiger partial charge in [-0.1, -0.05) is 237 Å². The Morgan fingerprint density at radius 2 is 0.688 bits per heavy atom. The molecule has 0 fully saturated rings. The Balaban J connectivity index is 1.16. The van der Waals surface area contributed by atoms with Crippen molar-refractivity contribution in [2.45, 2.75) is 5.41 Å². The average Bonchev–Trinajstić information content (AvgIpc) is 3.69. The summed E-state index contributed by atoms with van der Waals surface area (Å²) in [5.74, 6) is 0. The molecule has 0 saturated heterocycles. The quantitative estimate of drug-likeness (QED) is 0.138. The van der Waals surface area contributed by atoms with E-state index < -0.39 is 5.41 Å². The fourth-order valence-corrected chi connectivity index (χ4v) is 10.6. The van der Waals surface area contributed by atoms with Crippen molar-refractivity contribution in [3.8, 4) is 44.5 Å². The summed E-state index contributed by atoms with van der Waals surface area (Å²) < 4.78 is 0. The minimum Gasteiger partial charge on any atom is -0.309 e. The maximum atomic E-state index is 2.52. The van der Waals surface area contributed by atoms with E-state index in [0.717, 1.165) is 17.1 Å². The molecule has 0 aliphatic heterocycles. The Morgan fingerprint density at radius 3 is 1.28 bits per heavy atom. The van der Waals surface area contributed by atoms with E-state index in [2.05, 4.69) is 266 Å². The van der Waals surface area contributed by atoms with E-state index in [9.17, 15) is 0 Å². The number of fused-ring (bicyclic) bond motifs is 6. The van der Waals surface area contributed by atoms with E-state index in [-0.39, 0.29) is 0 Å². The second-order valence-electron chi connectivity index (χ2n) is 16.7. The van der Waals surface area contributed by atoms with E-state index in [1.807, 2.05) is 0 Å². The molecule has 11 aromatic rings. The molecule has 12 rings (SSSR count). The van der Waals surface area contributed by atoms with Crippen LogP contribution in [0.1, 0.15) is 22.3 Å². The lowest BCUT2D eigenvalue weighted by molar-refractivity contribution is 0.768. The van der Waals surface area contributed by atoms with Crippen molar-refractivity contribution < 1.29 is 0 Å². The lowest BCUT2D eigenvalue weighted by Crippen LogP contribution is -2.28. The van der Waals surface area contributed by atoms with E-state index in [1.165, 1.54) is 88.3 Å². The standard InChI is InChI=1S/C63H43N/c1-5-21-44(22-6-1)51-42-41-50(43-58(51)45-23-7-2-8-24-45)64(62-57-34-16-14-30-53(57)52-29-13-15-33-56(52)61(62)46-25-9-3-10-26-46)49-39-37-48(38-40-49)63(47-27-11-4-12-28-47)59-35-19-17-31-54(59)55-32-18-20-36-60(55)63/h1-43H. The van der Waals surface area contributed by atoms with E-state index >= 15 is 0 Å². The molecule has 64 heavy (non-hydrogen) atoms. The molecule has 1 aliphatic carbocycles. The van der Waals surface area contributed by atoms with Gasteiger partial charge in [-0.2, -0.15) is 0 Å². The van der Waals surface area contributed by atoms with E-state index in [4.69, 9.17) is 0 Å². The van der Waals surface area contributed by atoms with Crippen LogP contribution in [0.25, 0.3) is 66.1 Å². The van der Waals surface area contributed by atoms with Gasteiger partial charge < -0.3 is 4.90 Å². The first kappa shape index (κ1) is 37.5. The first-order valence-corrected chi connectivity index (χ1v) is 22.2. The van der Waals surface area contributed by atoms with Crippen LogP contribution in [0.2, 0.25) is 0 Å². The summed E-state index contributed by atoms with van der Waals surface area (Å²) in [6.07, 6.45) is 0. The molecular weight excluding hydrogens is 771 g/mol. The van der Waals surface area contributed by atoms with Crippen molar-refractivity contribution in [3.05, 3.63) is 283 Å². The molecule has 0 bridgehead atoms. The lowest BCUT2D eigenvalue weighted by atomic mass is 9.67. The van der Waals surface area contributed by atoms with Crippen LogP contribution in [0.15, 0.2) is 261 Å². The molecule has 0 N–H and O–H groups in total. The molecule has 0 saturated carbocycles. The summed E-state index contributed by atoms with van der Waals surface area (Å²) in [5, 5.41) is 4.87. The smallest absolute Gasteiger partial charge is 0.0713 e. The Morgan fingerprint density at radius 1 is 0.266 bits per heavy atom. The van der Waals surface area contributed by atoms with Crippen LogP contribution in [0.3, 0.4) is 0 Å². The molecule has 300 valence electrons. The molecule has 1 aliphatic rings. The van der Waals surface area contributed by atoms with Gasteiger partial charge in [0.1, 0.15) is 0 Å². The zero-order chi connectivity index (χ0) is 42.5. The molecule has 0 radical (unpaired) electrons. The highest BCUT2D eigenvalue weighted by Crippen LogP contribution is 2.57. The maximum Gasteiger partial charge on any atom is 0.0713 e. The SMILES string of the molecule is c1ccc(-c2ccc(N(c3ccc(C4(c5ccccc5)c5ccccc5-c5ccccc54)cc3)c3c(-c4ccccc4)c4ccccc4c4ccccc34)cc2-c2ccccc2)cc1. The number of nitrogens with zero attached hydrogens (tertiary/aromatic N) is 1. The van der Waals surface area contributed by atoms with Gasteiger partial charge in [0.2, 0.25) is 0 Å². The van der Waals surface area contributed by atoms with Gasteiger partial charge in [0.25, 0.3) is 0 Å². The van der Waals surface area contributed by atoms with Crippen molar-refractivity contribution >= 4 is 38.6 Å². The van der Waals surface area contributed by atoms with Gasteiger partial charge in [0.05, 0.1) is 11.1 Å². The normalized spacial score (nSPS) is 12.5. The predicted molar refractivity (Wildman–Crippen MR) is 270 cm³/mol. The molecule has 0 atom stereocenters. The van der Waals surface area contributed by atoms with Crippen LogP contribution in [0.5, 0.6) is 0 Å².